The van der Waals surface area contributed by atoms with E-state index >= 15 is 0 Å². The number of carboxylic acid groups (broad SMARTS) is 1. The molecule has 1 atom stereocenters. The summed E-state index contributed by atoms with van der Waals surface area (Å²) >= 11 is 0. The molecule has 1 aliphatic heterocycles. The summed E-state index contributed by atoms with van der Waals surface area (Å²) in [5.41, 5.74) is 0. The standard InChI is InChI=1S/C10H15N3O2/c1-2-8-11-9-5-7(6-10(14)15)3-4-13(9)12-8/h7H,2-6H2,1H3,(H,14,15). The van der Waals surface area contributed by atoms with Crippen molar-refractivity contribution in [1.29, 1.82) is 0 Å². The van der Waals surface area contributed by atoms with Gasteiger partial charge in [-0.2, -0.15) is 5.10 Å². The van der Waals surface area contributed by atoms with Gasteiger partial charge in [0.2, 0.25) is 0 Å². The predicted octanol–water partition coefficient (Wildman–Crippen LogP) is 0.878. The average Bonchev–Trinajstić information content (AvgIpc) is 2.58. The van der Waals surface area contributed by atoms with Gasteiger partial charge in [0.1, 0.15) is 5.82 Å². The molecule has 1 aromatic heterocycles. The SMILES string of the molecule is CCc1nc2n(n1)CCC(CC(=O)O)C2. The largest absolute Gasteiger partial charge is 0.481 e. The molecule has 0 saturated heterocycles. The summed E-state index contributed by atoms with van der Waals surface area (Å²) < 4.78 is 1.91. The van der Waals surface area contributed by atoms with Crippen LogP contribution >= 0.6 is 0 Å². The summed E-state index contributed by atoms with van der Waals surface area (Å²) in [5.74, 6) is 1.32. The van der Waals surface area contributed by atoms with Crippen molar-refractivity contribution >= 4 is 5.97 Å². The van der Waals surface area contributed by atoms with Gasteiger partial charge in [0.25, 0.3) is 0 Å². The van der Waals surface area contributed by atoms with Gasteiger partial charge in [-0.25, -0.2) is 9.67 Å². The number of carboxylic acids is 1. The molecular formula is C10H15N3O2. The van der Waals surface area contributed by atoms with Crippen LogP contribution in [-0.2, 0) is 24.2 Å². The molecule has 0 amide bonds. The van der Waals surface area contributed by atoms with Gasteiger partial charge in [0, 0.05) is 25.8 Å². The second-order valence-corrected chi connectivity index (χ2v) is 3.98. The molecule has 0 spiro atoms. The second-order valence-electron chi connectivity index (χ2n) is 3.98. The Hall–Kier alpha value is -1.39. The molecule has 82 valence electrons. The highest BCUT2D eigenvalue weighted by Gasteiger charge is 2.23. The minimum Gasteiger partial charge on any atom is -0.481 e. The van der Waals surface area contributed by atoms with Crippen LogP contribution in [0.2, 0.25) is 0 Å². The summed E-state index contributed by atoms with van der Waals surface area (Å²) in [7, 11) is 0. The van der Waals surface area contributed by atoms with Crippen molar-refractivity contribution in [2.75, 3.05) is 0 Å². The van der Waals surface area contributed by atoms with Crippen LogP contribution in [0.3, 0.4) is 0 Å². The van der Waals surface area contributed by atoms with Crippen molar-refractivity contribution in [3.63, 3.8) is 0 Å². The lowest BCUT2D eigenvalue weighted by atomic mass is 9.95. The van der Waals surface area contributed by atoms with E-state index in [1.807, 2.05) is 11.6 Å². The van der Waals surface area contributed by atoms with Gasteiger partial charge in [-0.15, -0.1) is 0 Å². The molecule has 15 heavy (non-hydrogen) atoms. The normalized spacial score (nSPS) is 19.9. The minimum absolute atomic E-state index is 0.226. The van der Waals surface area contributed by atoms with Gasteiger partial charge in [-0.3, -0.25) is 4.79 Å². The van der Waals surface area contributed by atoms with Gasteiger partial charge in [-0.05, 0) is 12.3 Å². The van der Waals surface area contributed by atoms with Crippen molar-refractivity contribution in [3.05, 3.63) is 11.6 Å². The van der Waals surface area contributed by atoms with Crippen LogP contribution < -0.4 is 0 Å². The molecule has 1 N–H and O–H groups in total. The maximum Gasteiger partial charge on any atom is 0.303 e. The third-order valence-electron chi connectivity index (χ3n) is 2.79. The number of aryl methyl sites for hydroxylation is 2. The van der Waals surface area contributed by atoms with Crippen LogP contribution in [0.15, 0.2) is 0 Å². The molecule has 1 unspecified atom stereocenters. The van der Waals surface area contributed by atoms with Crippen molar-refractivity contribution in [2.24, 2.45) is 5.92 Å². The Morgan fingerprint density at radius 3 is 3.13 bits per heavy atom. The zero-order valence-electron chi connectivity index (χ0n) is 8.81. The Morgan fingerprint density at radius 1 is 1.67 bits per heavy atom. The van der Waals surface area contributed by atoms with Crippen LogP contribution in [0.4, 0.5) is 0 Å². The van der Waals surface area contributed by atoms with Crippen molar-refractivity contribution < 1.29 is 9.90 Å². The van der Waals surface area contributed by atoms with Gasteiger partial charge in [0.05, 0.1) is 0 Å². The van der Waals surface area contributed by atoms with E-state index in [0.717, 1.165) is 37.5 Å². The summed E-state index contributed by atoms with van der Waals surface area (Å²) in [6.45, 7) is 2.83. The Bertz CT molecular complexity index is 373. The number of rotatable bonds is 3. The highest BCUT2D eigenvalue weighted by Crippen LogP contribution is 2.21. The first-order valence-electron chi connectivity index (χ1n) is 5.33. The number of carbonyl (C=O) groups is 1. The lowest BCUT2D eigenvalue weighted by molar-refractivity contribution is -0.138. The number of hydrogen-bond donors (Lipinski definition) is 1. The maximum atomic E-state index is 10.6. The molecule has 0 radical (unpaired) electrons. The molecule has 5 heteroatoms. The molecule has 1 aliphatic rings. The van der Waals surface area contributed by atoms with Gasteiger partial charge < -0.3 is 5.11 Å². The van der Waals surface area contributed by atoms with Gasteiger partial charge >= 0.3 is 5.97 Å². The quantitative estimate of drug-likeness (QED) is 0.802. The van der Waals surface area contributed by atoms with E-state index in [1.165, 1.54) is 0 Å². The maximum absolute atomic E-state index is 10.6. The lowest BCUT2D eigenvalue weighted by Gasteiger charge is -2.20. The zero-order chi connectivity index (χ0) is 10.8. The summed E-state index contributed by atoms with van der Waals surface area (Å²) in [4.78, 5) is 15.0. The summed E-state index contributed by atoms with van der Waals surface area (Å²) in [6.07, 6.45) is 2.73. The lowest BCUT2D eigenvalue weighted by Crippen LogP contribution is -2.22. The Balaban J connectivity index is 2.08. The fourth-order valence-corrected chi connectivity index (χ4v) is 1.99. The average molecular weight is 209 g/mol. The number of nitrogens with zero attached hydrogens (tertiary/aromatic N) is 3. The Labute approximate surface area is 88.1 Å². The van der Waals surface area contributed by atoms with E-state index in [2.05, 4.69) is 10.1 Å². The fourth-order valence-electron chi connectivity index (χ4n) is 1.99. The molecule has 0 bridgehead atoms. The molecular weight excluding hydrogens is 194 g/mol. The van der Waals surface area contributed by atoms with Crippen molar-refractivity contribution in [3.8, 4) is 0 Å². The van der Waals surface area contributed by atoms with Gasteiger partial charge in [-0.1, -0.05) is 6.92 Å². The molecule has 0 aliphatic carbocycles. The van der Waals surface area contributed by atoms with Crippen LogP contribution in [0, 0.1) is 5.92 Å². The summed E-state index contributed by atoms with van der Waals surface area (Å²) in [5, 5.41) is 13.1. The minimum atomic E-state index is -0.719. The highest BCUT2D eigenvalue weighted by molar-refractivity contribution is 5.67. The smallest absolute Gasteiger partial charge is 0.303 e. The first-order chi connectivity index (χ1) is 7.19. The monoisotopic (exact) mass is 209 g/mol. The Morgan fingerprint density at radius 2 is 2.47 bits per heavy atom. The molecule has 5 nitrogen and oxygen atoms in total. The molecule has 0 aromatic carbocycles. The fraction of sp³-hybridized carbons (Fsp3) is 0.700. The number of aliphatic carboxylic acids is 1. The van der Waals surface area contributed by atoms with E-state index in [9.17, 15) is 4.79 Å². The first kappa shape index (κ1) is 10.1. The van der Waals surface area contributed by atoms with Gasteiger partial charge in [0.15, 0.2) is 5.82 Å². The summed E-state index contributed by atoms with van der Waals surface area (Å²) in [6, 6.07) is 0. The van der Waals surface area contributed by atoms with E-state index in [4.69, 9.17) is 5.11 Å². The molecule has 0 saturated carbocycles. The van der Waals surface area contributed by atoms with E-state index in [0.29, 0.717) is 0 Å². The van der Waals surface area contributed by atoms with E-state index in [1.54, 1.807) is 0 Å². The Kier molecular flexibility index (Phi) is 2.70. The van der Waals surface area contributed by atoms with Crippen LogP contribution in [0.1, 0.15) is 31.4 Å². The molecule has 1 aromatic rings. The second kappa shape index (κ2) is 4.00. The van der Waals surface area contributed by atoms with Crippen LogP contribution in [0.5, 0.6) is 0 Å². The zero-order valence-corrected chi connectivity index (χ0v) is 8.81. The predicted molar refractivity (Wildman–Crippen MR) is 53.5 cm³/mol. The highest BCUT2D eigenvalue weighted by atomic mass is 16.4. The van der Waals surface area contributed by atoms with E-state index < -0.39 is 5.97 Å². The number of hydrogen-bond acceptors (Lipinski definition) is 3. The van der Waals surface area contributed by atoms with Crippen LogP contribution in [-0.4, -0.2) is 25.8 Å². The third kappa shape index (κ3) is 2.16. The topological polar surface area (TPSA) is 68.0 Å². The van der Waals surface area contributed by atoms with Crippen molar-refractivity contribution in [1.82, 2.24) is 14.8 Å². The molecule has 2 rings (SSSR count). The third-order valence-corrected chi connectivity index (χ3v) is 2.79. The molecule has 0 fully saturated rings. The first-order valence-corrected chi connectivity index (χ1v) is 5.33. The van der Waals surface area contributed by atoms with Crippen LogP contribution in [0.25, 0.3) is 0 Å². The number of fused-ring (bicyclic) bond motifs is 1. The number of aromatic nitrogens is 3. The molecule has 2 heterocycles. The van der Waals surface area contributed by atoms with E-state index in [-0.39, 0.29) is 12.3 Å². The van der Waals surface area contributed by atoms with Crippen molar-refractivity contribution in [2.45, 2.75) is 39.2 Å².